The molecule has 106 valence electrons. The average molecular weight is 295 g/mol. The molecule has 6 heteroatoms. The molecule has 0 N–H and O–H groups in total. The molecule has 0 aromatic rings. The summed E-state index contributed by atoms with van der Waals surface area (Å²) >= 11 is 5.18. The van der Waals surface area contributed by atoms with E-state index in [2.05, 4.69) is 5.92 Å². The van der Waals surface area contributed by atoms with E-state index >= 15 is 0 Å². The third-order valence-electron chi connectivity index (χ3n) is 3.28. The summed E-state index contributed by atoms with van der Waals surface area (Å²) in [6.45, 7) is 3.26. The van der Waals surface area contributed by atoms with E-state index in [-0.39, 0.29) is 19.0 Å². The second kappa shape index (κ2) is 5.56. The highest BCUT2D eigenvalue weighted by Gasteiger charge is 2.60. The molecule has 0 heterocycles. The van der Waals surface area contributed by atoms with Crippen LogP contribution in [0.2, 0.25) is 0 Å². The Morgan fingerprint density at radius 2 is 2.11 bits per heavy atom. The first kappa shape index (κ1) is 16.1. The Hall–Kier alpha value is -0.990. The van der Waals surface area contributed by atoms with Gasteiger partial charge in [-0.05, 0) is 11.3 Å². The Balaban J connectivity index is 2.69. The Morgan fingerprint density at radius 1 is 1.53 bits per heavy atom. The summed E-state index contributed by atoms with van der Waals surface area (Å²) in [6.07, 6.45) is 1.29. The third-order valence-corrected chi connectivity index (χ3v) is 3.62. The van der Waals surface area contributed by atoms with Crippen LogP contribution in [0.3, 0.4) is 0 Å². The molecule has 0 radical (unpaired) electrons. The van der Waals surface area contributed by atoms with Crippen molar-refractivity contribution in [2.75, 3.05) is 13.2 Å². The summed E-state index contributed by atoms with van der Waals surface area (Å²) in [4.78, 5) is 11.8. The number of ether oxygens (including phenoxy) is 1. The summed E-state index contributed by atoms with van der Waals surface area (Å²) < 4.78 is 41.9. The number of rotatable bonds is 5. The van der Waals surface area contributed by atoms with Crippen molar-refractivity contribution < 1.29 is 22.7 Å². The van der Waals surface area contributed by atoms with Crippen LogP contribution in [0.1, 0.15) is 13.8 Å². The maximum Gasteiger partial charge on any atom is 0.426 e. The molecule has 0 aromatic carbocycles. The van der Waals surface area contributed by atoms with Crippen LogP contribution in [0.4, 0.5) is 13.2 Å². The Morgan fingerprint density at radius 3 is 2.58 bits per heavy atom. The number of hydrogen-bond donors (Lipinski definition) is 0. The number of Topliss-reactive ketones (excluding diaryl/α,β-unsaturated/α-hetero) is 1. The van der Waals surface area contributed by atoms with Gasteiger partial charge in [-0.15, -0.1) is 6.42 Å². The van der Waals surface area contributed by atoms with Gasteiger partial charge >= 0.3 is 6.18 Å². The van der Waals surface area contributed by atoms with Gasteiger partial charge < -0.3 is 4.74 Å². The van der Waals surface area contributed by atoms with Gasteiger partial charge in [0.1, 0.15) is 18.2 Å². The molecular weight excluding hydrogens is 281 g/mol. The van der Waals surface area contributed by atoms with Crippen LogP contribution in [0.25, 0.3) is 0 Å². The molecule has 19 heavy (non-hydrogen) atoms. The maximum absolute atomic E-state index is 12.3. The fourth-order valence-corrected chi connectivity index (χ4v) is 2.29. The number of ketones is 1. The first-order valence-electron chi connectivity index (χ1n) is 5.60. The van der Waals surface area contributed by atoms with Crippen LogP contribution in [0.5, 0.6) is 0 Å². The number of alkyl halides is 3. The lowest BCUT2D eigenvalue weighted by molar-refractivity contribution is -0.125. The minimum atomic E-state index is -4.58. The second-order valence-corrected chi connectivity index (χ2v) is 5.41. The number of allylic oxidation sites excluding steroid dienone is 2. The molecule has 0 saturated heterocycles. The van der Waals surface area contributed by atoms with Crippen molar-refractivity contribution in [2.45, 2.75) is 20.0 Å². The van der Waals surface area contributed by atoms with Gasteiger partial charge in [-0.25, -0.2) is 0 Å². The van der Waals surface area contributed by atoms with Crippen LogP contribution in [0, 0.1) is 29.6 Å². The summed E-state index contributed by atoms with van der Waals surface area (Å²) in [5.41, 5.74) is -0.540. The van der Waals surface area contributed by atoms with Crippen molar-refractivity contribution >= 4 is 17.4 Å². The van der Waals surface area contributed by atoms with Gasteiger partial charge in [0.15, 0.2) is 5.78 Å². The van der Waals surface area contributed by atoms with Crippen LogP contribution in [-0.2, 0) is 9.53 Å². The molecule has 1 saturated carbocycles. The predicted molar refractivity (Wildman–Crippen MR) is 65.4 cm³/mol. The first-order chi connectivity index (χ1) is 8.62. The van der Waals surface area contributed by atoms with E-state index in [1.54, 1.807) is 13.8 Å². The number of carbonyl (C=O) groups is 1. The lowest BCUT2D eigenvalue weighted by Crippen LogP contribution is -2.14. The van der Waals surface area contributed by atoms with Crippen LogP contribution < -0.4 is 0 Å². The number of hydrogen-bond acceptors (Lipinski definition) is 2. The molecule has 0 amide bonds. The summed E-state index contributed by atoms with van der Waals surface area (Å²) in [6, 6.07) is 0. The van der Waals surface area contributed by atoms with Crippen molar-refractivity contribution in [3.63, 3.8) is 0 Å². The van der Waals surface area contributed by atoms with E-state index in [1.807, 2.05) is 0 Å². The summed E-state index contributed by atoms with van der Waals surface area (Å²) in [5.74, 6) is 0.917. The van der Waals surface area contributed by atoms with Crippen molar-refractivity contribution in [1.29, 1.82) is 0 Å². The summed E-state index contributed by atoms with van der Waals surface area (Å²) in [5, 5.41) is -1.19. The molecule has 0 unspecified atom stereocenters. The smallest absolute Gasteiger partial charge is 0.361 e. The molecule has 2 atom stereocenters. The van der Waals surface area contributed by atoms with Crippen molar-refractivity contribution in [1.82, 2.24) is 0 Å². The van der Waals surface area contributed by atoms with E-state index < -0.39 is 28.5 Å². The highest BCUT2D eigenvalue weighted by molar-refractivity contribution is 6.30. The largest absolute Gasteiger partial charge is 0.426 e. The van der Waals surface area contributed by atoms with Gasteiger partial charge in [0, 0.05) is 5.92 Å². The normalized spacial score (nSPS) is 25.8. The number of terminal acetylenes is 1. The zero-order valence-electron chi connectivity index (χ0n) is 10.6. The molecule has 0 spiro atoms. The molecule has 1 aliphatic rings. The van der Waals surface area contributed by atoms with E-state index in [1.165, 1.54) is 0 Å². The van der Waals surface area contributed by atoms with Gasteiger partial charge in [0.25, 0.3) is 0 Å². The van der Waals surface area contributed by atoms with E-state index in [4.69, 9.17) is 22.8 Å². The zero-order chi connectivity index (χ0) is 14.8. The van der Waals surface area contributed by atoms with Crippen LogP contribution in [-0.4, -0.2) is 25.2 Å². The highest BCUT2D eigenvalue weighted by Crippen LogP contribution is 2.60. The predicted octanol–water partition coefficient (Wildman–Crippen LogP) is 3.16. The number of carbonyl (C=O) groups excluding carboxylic acids is 1. The van der Waals surface area contributed by atoms with Crippen LogP contribution >= 0.6 is 11.6 Å². The van der Waals surface area contributed by atoms with Crippen molar-refractivity contribution in [2.24, 2.45) is 17.3 Å². The average Bonchev–Trinajstić information content (AvgIpc) is 2.79. The topological polar surface area (TPSA) is 26.3 Å². The van der Waals surface area contributed by atoms with Crippen molar-refractivity contribution in [3.8, 4) is 12.3 Å². The SMILES string of the molecule is C#CCOCC(=O)[C@H]1[C@@H](/C=C(\Cl)C(F)(F)F)C1(C)C. The van der Waals surface area contributed by atoms with Crippen molar-refractivity contribution in [3.05, 3.63) is 11.1 Å². The Kier molecular flexibility index (Phi) is 4.70. The molecule has 1 fully saturated rings. The summed E-state index contributed by atoms with van der Waals surface area (Å²) in [7, 11) is 0. The maximum atomic E-state index is 12.3. The minimum absolute atomic E-state index is 0.00268. The third kappa shape index (κ3) is 3.74. The van der Waals surface area contributed by atoms with E-state index in [9.17, 15) is 18.0 Å². The standard InChI is InChI=1S/C13H14ClF3O2/c1-4-5-19-7-9(18)11-8(12(11,2)3)6-10(14)13(15,16)17/h1,6,8,11H,5,7H2,2-3H3/b10-6-/t8-,11-/m1/s1. The van der Waals surface area contributed by atoms with Crippen LogP contribution in [0.15, 0.2) is 11.1 Å². The van der Waals surface area contributed by atoms with Gasteiger partial charge in [0.2, 0.25) is 0 Å². The molecular formula is C13H14ClF3O2. The fraction of sp³-hybridized carbons (Fsp3) is 0.615. The Bertz CT molecular complexity index is 432. The molecule has 0 bridgehead atoms. The lowest BCUT2D eigenvalue weighted by atomic mass is 10.1. The van der Waals surface area contributed by atoms with E-state index in [0.29, 0.717) is 0 Å². The fourth-order valence-electron chi connectivity index (χ4n) is 2.16. The van der Waals surface area contributed by atoms with Gasteiger partial charge in [-0.2, -0.15) is 13.2 Å². The molecule has 1 rings (SSSR count). The van der Waals surface area contributed by atoms with Gasteiger partial charge in [0.05, 0.1) is 0 Å². The van der Waals surface area contributed by atoms with E-state index in [0.717, 1.165) is 6.08 Å². The molecule has 0 aromatic heterocycles. The van der Waals surface area contributed by atoms with Gasteiger partial charge in [-0.3, -0.25) is 4.79 Å². The highest BCUT2D eigenvalue weighted by atomic mass is 35.5. The minimum Gasteiger partial charge on any atom is -0.361 e. The number of halogens is 4. The zero-order valence-corrected chi connectivity index (χ0v) is 11.3. The monoisotopic (exact) mass is 294 g/mol. The molecule has 2 nitrogen and oxygen atoms in total. The molecule has 0 aliphatic heterocycles. The quantitative estimate of drug-likeness (QED) is 0.575. The Labute approximate surface area is 114 Å². The second-order valence-electron chi connectivity index (χ2n) is 5.00. The first-order valence-corrected chi connectivity index (χ1v) is 5.98. The molecule has 1 aliphatic carbocycles. The lowest BCUT2D eigenvalue weighted by Gasteiger charge is -2.04. The van der Waals surface area contributed by atoms with Gasteiger partial charge in [-0.1, -0.05) is 37.4 Å².